The van der Waals surface area contributed by atoms with E-state index in [1.807, 2.05) is 62.4 Å². The smallest absolute Gasteiger partial charge is 0.327 e. The fraction of sp³-hybridized carbons (Fsp3) is 0.370. The van der Waals surface area contributed by atoms with Gasteiger partial charge in [0.1, 0.15) is 12.3 Å². The van der Waals surface area contributed by atoms with Crippen LogP contribution in [-0.4, -0.2) is 49.8 Å². The van der Waals surface area contributed by atoms with Gasteiger partial charge in [-0.2, -0.15) is 0 Å². The number of aryl methyl sites for hydroxylation is 1. The molecule has 4 aromatic rings. The van der Waals surface area contributed by atoms with Crippen molar-refractivity contribution in [3.63, 3.8) is 0 Å². The van der Waals surface area contributed by atoms with Gasteiger partial charge in [0.25, 0.3) is 5.56 Å². The topological polar surface area (TPSA) is 115 Å². The molecule has 10 heteroatoms. The Morgan fingerprint density at radius 1 is 1.11 bits per heavy atom. The summed E-state index contributed by atoms with van der Waals surface area (Å²) in [5, 5.41) is 13.1. The number of carbonyl (C=O) groups is 1. The molecule has 2 aromatic heterocycles. The van der Waals surface area contributed by atoms with Gasteiger partial charge in [-0.3, -0.25) is 14.5 Å². The largest absolute Gasteiger partial charge is 0.496 e. The zero-order valence-electron chi connectivity index (χ0n) is 21.6. The van der Waals surface area contributed by atoms with E-state index in [0.717, 1.165) is 27.8 Å². The third kappa shape index (κ3) is 6.03. The van der Waals surface area contributed by atoms with Gasteiger partial charge in [-0.25, -0.2) is 4.68 Å². The second-order valence-electron chi connectivity index (χ2n) is 8.86. The molecular weight excluding hydrogens is 472 g/mol. The molecule has 0 aliphatic heterocycles. The molecule has 0 saturated heterocycles. The third-order valence-corrected chi connectivity index (χ3v) is 6.29. The molecule has 1 N–H and O–H groups in total. The Hall–Kier alpha value is -4.05. The van der Waals surface area contributed by atoms with E-state index in [1.54, 1.807) is 14.0 Å². The molecule has 0 bridgehead atoms. The van der Waals surface area contributed by atoms with E-state index in [9.17, 15) is 9.59 Å². The molecule has 0 radical (unpaired) electrons. The Labute approximate surface area is 215 Å². The highest BCUT2D eigenvalue weighted by atomic mass is 16.5. The first-order valence-electron chi connectivity index (χ1n) is 12.3. The summed E-state index contributed by atoms with van der Waals surface area (Å²) in [5.41, 5.74) is 3.31. The summed E-state index contributed by atoms with van der Waals surface area (Å²) in [7, 11) is 1.64. The van der Waals surface area contributed by atoms with Crippen molar-refractivity contribution in [1.29, 1.82) is 0 Å². The summed E-state index contributed by atoms with van der Waals surface area (Å²) in [6.07, 6.45) is 0.642. The molecule has 2 aromatic carbocycles. The van der Waals surface area contributed by atoms with Crippen molar-refractivity contribution >= 4 is 16.9 Å². The lowest BCUT2D eigenvalue weighted by Crippen LogP contribution is -2.33. The summed E-state index contributed by atoms with van der Waals surface area (Å²) in [6.45, 7) is 6.76. The highest BCUT2D eigenvalue weighted by molar-refractivity contribution is 5.79. The number of H-pyrrole nitrogens is 1. The molecule has 1 atom stereocenters. The predicted molar refractivity (Wildman–Crippen MR) is 139 cm³/mol. The second kappa shape index (κ2) is 11.8. The summed E-state index contributed by atoms with van der Waals surface area (Å²) in [5.74, 6) is 0.859. The number of methoxy groups -OCH3 is 1. The maximum atomic E-state index is 13.1. The van der Waals surface area contributed by atoms with Gasteiger partial charge in [0.15, 0.2) is 5.82 Å². The van der Waals surface area contributed by atoms with Crippen molar-refractivity contribution < 1.29 is 14.3 Å². The van der Waals surface area contributed by atoms with Crippen LogP contribution in [0.4, 0.5) is 0 Å². The Bertz CT molecular complexity index is 1430. The summed E-state index contributed by atoms with van der Waals surface area (Å²) < 4.78 is 12.2. The Balaban J connectivity index is 1.74. The second-order valence-corrected chi connectivity index (χ2v) is 8.86. The number of nitrogens with zero attached hydrogens (tertiary/aromatic N) is 5. The first-order chi connectivity index (χ1) is 17.9. The molecule has 37 heavy (non-hydrogen) atoms. The van der Waals surface area contributed by atoms with Crippen LogP contribution < -0.4 is 10.3 Å². The van der Waals surface area contributed by atoms with Gasteiger partial charge in [-0.1, -0.05) is 37.3 Å². The third-order valence-electron chi connectivity index (χ3n) is 6.29. The van der Waals surface area contributed by atoms with Crippen LogP contribution >= 0.6 is 0 Å². The predicted octanol–water partition coefficient (Wildman–Crippen LogP) is 3.55. The number of benzene rings is 2. The number of pyridine rings is 1. The molecule has 0 aliphatic rings. The fourth-order valence-corrected chi connectivity index (χ4v) is 4.52. The lowest BCUT2D eigenvalue weighted by molar-refractivity contribution is -0.144. The van der Waals surface area contributed by atoms with Crippen LogP contribution in [0.3, 0.4) is 0 Å². The first kappa shape index (κ1) is 26.0. The van der Waals surface area contributed by atoms with Crippen LogP contribution in [0.5, 0.6) is 5.75 Å². The Morgan fingerprint density at radius 2 is 1.89 bits per heavy atom. The number of hydrogen-bond acceptors (Lipinski definition) is 8. The van der Waals surface area contributed by atoms with E-state index in [2.05, 4.69) is 25.4 Å². The van der Waals surface area contributed by atoms with Gasteiger partial charge in [-0.05, 0) is 59.8 Å². The van der Waals surface area contributed by atoms with Crippen LogP contribution in [0.1, 0.15) is 48.8 Å². The number of aromatic amines is 1. The Kier molecular flexibility index (Phi) is 8.29. The average molecular weight is 505 g/mol. The van der Waals surface area contributed by atoms with Gasteiger partial charge >= 0.3 is 5.97 Å². The van der Waals surface area contributed by atoms with Crippen molar-refractivity contribution in [2.75, 3.05) is 13.7 Å². The standard InChI is InChI=1S/C27H32N6O4/c1-5-23(26-29-30-31-33(26)17-25(34)37-6-2)32(15-20-9-7-8-10-24(20)36-4)16-21-14-19-12-11-18(3)13-22(19)28-27(21)35/h7-14,23H,5-6,15-17H2,1-4H3,(H,28,35). The molecule has 0 amide bonds. The summed E-state index contributed by atoms with van der Waals surface area (Å²) >= 11 is 0. The van der Waals surface area contributed by atoms with Gasteiger partial charge < -0.3 is 14.5 Å². The van der Waals surface area contributed by atoms with E-state index in [1.165, 1.54) is 4.68 Å². The lowest BCUT2D eigenvalue weighted by Gasteiger charge is -2.30. The van der Waals surface area contributed by atoms with Gasteiger partial charge in [-0.15, -0.1) is 5.10 Å². The minimum atomic E-state index is -0.413. The van der Waals surface area contributed by atoms with Crippen LogP contribution in [0.2, 0.25) is 0 Å². The molecule has 194 valence electrons. The van der Waals surface area contributed by atoms with Crippen LogP contribution in [-0.2, 0) is 29.2 Å². The number of rotatable bonds is 11. The zero-order valence-corrected chi connectivity index (χ0v) is 21.6. The first-order valence-corrected chi connectivity index (χ1v) is 12.3. The number of carbonyl (C=O) groups excluding carboxylic acids is 1. The molecule has 10 nitrogen and oxygen atoms in total. The quantitative estimate of drug-likeness (QED) is 0.308. The SMILES string of the molecule is CCOC(=O)Cn1nnnc1C(CC)N(Cc1ccccc1OC)Cc1cc2ccc(C)cc2[nH]c1=O. The van der Waals surface area contributed by atoms with E-state index in [0.29, 0.717) is 30.9 Å². The lowest BCUT2D eigenvalue weighted by atomic mass is 10.1. The van der Waals surface area contributed by atoms with E-state index < -0.39 is 5.97 Å². The van der Waals surface area contributed by atoms with Crippen molar-refractivity contribution in [3.8, 4) is 5.75 Å². The van der Waals surface area contributed by atoms with E-state index >= 15 is 0 Å². The molecule has 0 aliphatic carbocycles. The number of esters is 1. The van der Waals surface area contributed by atoms with Gasteiger partial charge in [0.2, 0.25) is 0 Å². The molecule has 1 unspecified atom stereocenters. The summed E-state index contributed by atoms with van der Waals surface area (Å²) in [4.78, 5) is 30.5. The average Bonchev–Trinajstić information content (AvgIpc) is 3.33. The van der Waals surface area contributed by atoms with Crippen molar-refractivity contribution in [2.24, 2.45) is 0 Å². The number of tetrazole rings is 1. The minimum Gasteiger partial charge on any atom is -0.496 e. The Morgan fingerprint density at radius 3 is 2.65 bits per heavy atom. The number of nitrogens with one attached hydrogen (secondary N) is 1. The molecule has 0 fully saturated rings. The maximum absolute atomic E-state index is 13.1. The zero-order chi connectivity index (χ0) is 26.4. The minimum absolute atomic E-state index is 0.0922. The van der Waals surface area contributed by atoms with E-state index in [-0.39, 0.29) is 24.8 Å². The fourth-order valence-electron chi connectivity index (χ4n) is 4.52. The van der Waals surface area contributed by atoms with Crippen molar-refractivity contribution in [3.05, 3.63) is 81.4 Å². The van der Waals surface area contributed by atoms with Crippen molar-refractivity contribution in [1.82, 2.24) is 30.1 Å². The number of para-hydroxylation sites is 1. The van der Waals surface area contributed by atoms with Crippen LogP contribution in [0, 0.1) is 6.92 Å². The molecule has 0 saturated carbocycles. The monoisotopic (exact) mass is 504 g/mol. The van der Waals surface area contributed by atoms with Crippen molar-refractivity contribution in [2.45, 2.75) is 52.9 Å². The van der Waals surface area contributed by atoms with E-state index in [4.69, 9.17) is 9.47 Å². The number of fused-ring (bicyclic) bond motifs is 1. The highest BCUT2D eigenvalue weighted by Gasteiger charge is 2.27. The molecule has 4 rings (SSSR count). The number of hydrogen-bond donors (Lipinski definition) is 1. The van der Waals surface area contributed by atoms with Crippen LogP contribution in [0.15, 0.2) is 53.3 Å². The summed E-state index contributed by atoms with van der Waals surface area (Å²) in [6, 6.07) is 15.4. The maximum Gasteiger partial charge on any atom is 0.327 e. The molecular formula is C27H32N6O4. The normalized spacial score (nSPS) is 12.1. The van der Waals surface area contributed by atoms with Crippen LogP contribution in [0.25, 0.3) is 10.9 Å². The molecule has 0 spiro atoms. The van der Waals surface area contributed by atoms with Gasteiger partial charge in [0.05, 0.1) is 19.8 Å². The molecule has 2 heterocycles. The van der Waals surface area contributed by atoms with Gasteiger partial charge in [0, 0.05) is 29.7 Å². The highest BCUT2D eigenvalue weighted by Crippen LogP contribution is 2.29. The number of aromatic nitrogens is 5. The number of ether oxygens (including phenoxy) is 2.